The first-order valence-corrected chi connectivity index (χ1v) is 7.90. The predicted molar refractivity (Wildman–Crippen MR) is 80.3 cm³/mol. The number of hydrogen-bond donors (Lipinski definition) is 0. The largest absolute Gasteiger partial charge is 0.375 e. The molecule has 0 bridgehead atoms. The molecule has 0 N–H and O–H groups in total. The van der Waals surface area contributed by atoms with Crippen molar-refractivity contribution in [2.24, 2.45) is 0 Å². The number of nitrogens with zero attached hydrogens (tertiary/aromatic N) is 3. The standard InChI is InChI=1S/C15H17N3O2S/c19-15(14-2-1-9-21-14)18-7-8-20-13(10-18)4-3-12-5-6-16-11-17-12/h1-2,5-6,9,11,13H,3-4,7-8,10H2/t13-/m0/s1. The van der Waals surface area contributed by atoms with Crippen molar-refractivity contribution < 1.29 is 9.53 Å². The van der Waals surface area contributed by atoms with E-state index in [2.05, 4.69) is 9.97 Å². The Kier molecular flexibility index (Phi) is 4.57. The molecule has 1 aliphatic rings. The Balaban J connectivity index is 1.55. The molecule has 1 saturated heterocycles. The van der Waals surface area contributed by atoms with E-state index >= 15 is 0 Å². The normalized spacial score (nSPS) is 18.7. The van der Waals surface area contributed by atoms with Crippen LogP contribution in [-0.2, 0) is 11.2 Å². The Bertz CT molecular complexity index is 574. The highest BCUT2D eigenvalue weighted by Gasteiger charge is 2.25. The first-order chi connectivity index (χ1) is 10.3. The second kappa shape index (κ2) is 6.78. The number of hydrogen-bond acceptors (Lipinski definition) is 5. The predicted octanol–water partition coefficient (Wildman–Crippen LogP) is 2.01. The van der Waals surface area contributed by atoms with Gasteiger partial charge < -0.3 is 9.64 Å². The number of carbonyl (C=O) groups is 1. The highest BCUT2D eigenvalue weighted by Crippen LogP contribution is 2.17. The molecular weight excluding hydrogens is 286 g/mol. The van der Waals surface area contributed by atoms with Gasteiger partial charge in [0.2, 0.25) is 0 Å². The molecule has 0 radical (unpaired) electrons. The Morgan fingerprint density at radius 2 is 2.43 bits per heavy atom. The fourth-order valence-corrected chi connectivity index (χ4v) is 3.10. The molecule has 0 unspecified atom stereocenters. The van der Waals surface area contributed by atoms with Gasteiger partial charge >= 0.3 is 0 Å². The van der Waals surface area contributed by atoms with Crippen molar-refractivity contribution in [2.75, 3.05) is 19.7 Å². The van der Waals surface area contributed by atoms with Gasteiger partial charge in [-0.1, -0.05) is 6.07 Å². The van der Waals surface area contributed by atoms with E-state index in [1.165, 1.54) is 11.3 Å². The van der Waals surface area contributed by atoms with Gasteiger partial charge in [-0.15, -0.1) is 11.3 Å². The molecule has 2 aromatic rings. The highest BCUT2D eigenvalue weighted by molar-refractivity contribution is 7.12. The molecular formula is C15H17N3O2S. The van der Waals surface area contributed by atoms with Crippen LogP contribution in [0.4, 0.5) is 0 Å². The summed E-state index contributed by atoms with van der Waals surface area (Å²) in [5, 5.41) is 1.93. The van der Waals surface area contributed by atoms with Gasteiger partial charge in [-0.2, -0.15) is 0 Å². The minimum absolute atomic E-state index is 0.0811. The van der Waals surface area contributed by atoms with Crippen LogP contribution in [0.1, 0.15) is 21.8 Å². The van der Waals surface area contributed by atoms with Crippen molar-refractivity contribution in [1.82, 2.24) is 14.9 Å². The first kappa shape index (κ1) is 14.2. The third-order valence-corrected chi connectivity index (χ3v) is 4.38. The van der Waals surface area contributed by atoms with Crippen LogP contribution in [0.3, 0.4) is 0 Å². The molecule has 110 valence electrons. The Labute approximate surface area is 127 Å². The van der Waals surface area contributed by atoms with Crippen LogP contribution in [0.2, 0.25) is 0 Å². The lowest BCUT2D eigenvalue weighted by atomic mass is 10.1. The van der Waals surface area contributed by atoms with Crippen LogP contribution >= 0.6 is 11.3 Å². The van der Waals surface area contributed by atoms with Crippen molar-refractivity contribution >= 4 is 17.2 Å². The SMILES string of the molecule is O=C(c1cccs1)N1CCO[C@@H](CCc2ccncn2)C1. The third-order valence-electron chi connectivity index (χ3n) is 3.52. The minimum Gasteiger partial charge on any atom is -0.375 e. The number of morpholine rings is 1. The van der Waals surface area contributed by atoms with E-state index in [1.54, 1.807) is 12.5 Å². The average Bonchev–Trinajstić information content (AvgIpc) is 3.08. The zero-order valence-electron chi connectivity index (χ0n) is 11.6. The van der Waals surface area contributed by atoms with Gasteiger partial charge in [0.25, 0.3) is 5.91 Å². The summed E-state index contributed by atoms with van der Waals surface area (Å²) in [4.78, 5) is 23.1. The molecule has 1 fully saturated rings. The quantitative estimate of drug-likeness (QED) is 0.867. The second-order valence-corrected chi connectivity index (χ2v) is 5.91. The van der Waals surface area contributed by atoms with Gasteiger partial charge in [-0.3, -0.25) is 4.79 Å². The van der Waals surface area contributed by atoms with Crippen LogP contribution < -0.4 is 0 Å². The maximum atomic E-state index is 12.3. The molecule has 0 saturated carbocycles. The number of carbonyl (C=O) groups excluding carboxylic acids is 1. The highest BCUT2D eigenvalue weighted by atomic mass is 32.1. The monoisotopic (exact) mass is 303 g/mol. The molecule has 5 nitrogen and oxygen atoms in total. The molecule has 0 aliphatic carbocycles. The molecule has 6 heteroatoms. The zero-order valence-corrected chi connectivity index (χ0v) is 12.5. The van der Waals surface area contributed by atoms with E-state index in [0.717, 1.165) is 23.4 Å². The summed E-state index contributed by atoms with van der Waals surface area (Å²) in [5.74, 6) is 0.111. The van der Waals surface area contributed by atoms with E-state index in [1.807, 2.05) is 28.5 Å². The van der Waals surface area contributed by atoms with E-state index in [-0.39, 0.29) is 12.0 Å². The maximum absolute atomic E-state index is 12.3. The fraction of sp³-hybridized carbons (Fsp3) is 0.400. The number of thiophene rings is 1. The molecule has 1 atom stereocenters. The minimum atomic E-state index is 0.0811. The topological polar surface area (TPSA) is 55.3 Å². The molecule has 1 amide bonds. The third kappa shape index (κ3) is 3.65. The molecule has 21 heavy (non-hydrogen) atoms. The number of ether oxygens (including phenoxy) is 1. The van der Waals surface area contributed by atoms with Crippen molar-refractivity contribution in [3.8, 4) is 0 Å². The van der Waals surface area contributed by atoms with Crippen LogP contribution in [-0.4, -0.2) is 46.6 Å². The van der Waals surface area contributed by atoms with Gasteiger partial charge in [0.1, 0.15) is 6.33 Å². The summed E-state index contributed by atoms with van der Waals surface area (Å²) < 4.78 is 5.76. The molecule has 0 spiro atoms. The average molecular weight is 303 g/mol. The van der Waals surface area contributed by atoms with Crippen molar-refractivity contribution in [3.05, 3.63) is 46.7 Å². The van der Waals surface area contributed by atoms with E-state index in [9.17, 15) is 4.79 Å². The summed E-state index contributed by atoms with van der Waals surface area (Å²) in [6.45, 7) is 1.92. The summed E-state index contributed by atoms with van der Waals surface area (Å²) >= 11 is 1.49. The van der Waals surface area contributed by atoms with Crippen molar-refractivity contribution in [3.63, 3.8) is 0 Å². The number of rotatable bonds is 4. The molecule has 2 aromatic heterocycles. The lowest BCUT2D eigenvalue weighted by molar-refractivity contribution is -0.0245. The maximum Gasteiger partial charge on any atom is 0.264 e. The molecule has 0 aromatic carbocycles. The first-order valence-electron chi connectivity index (χ1n) is 7.02. The lowest BCUT2D eigenvalue weighted by Gasteiger charge is -2.32. The van der Waals surface area contributed by atoms with Crippen molar-refractivity contribution in [1.29, 1.82) is 0 Å². The Hall–Kier alpha value is -1.79. The van der Waals surface area contributed by atoms with Gasteiger partial charge in [0.15, 0.2) is 0 Å². The fourth-order valence-electron chi connectivity index (χ4n) is 2.41. The van der Waals surface area contributed by atoms with E-state index in [0.29, 0.717) is 19.7 Å². The summed E-state index contributed by atoms with van der Waals surface area (Å²) in [6.07, 6.45) is 5.09. The van der Waals surface area contributed by atoms with Crippen LogP contribution in [0.15, 0.2) is 36.1 Å². The summed E-state index contributed by atoms with van der Waals surface area (Å²) in [7, 11) is 0. The zero-order chi connectivity index (χ0) is 14.5. The number of aromatic nitrogens is 2. The van der Waals surface area contributed by atoms with Crippen LogP contribution in [0, 0.1) is 0 Å². The Morgan fingerprint density at radius 3 is 3.19 bits per heavy atom. The lowest BCUT2D eigenvalue weighted by Crippen LogP contribution is -2.45. The smallest absolute Gasteiger partial charge is 0.264 e. The van der Waals surface area contributed by atoms with Gasteiger partial charge in [0, 0.05) is 25.0 Å². The van der Waals surface area contributed by atoms with E-state index < -0.39 is 0 Å². The number of amides is 1. The van der Waals surface area contributed by atoms with Crippen LogP contribution in [0.25, 0.3) is 0 Å². The summed E-state index contributed by atoms with van der Waals surface area (Å²) in [5.41, 5.74) is 1.01. The van der Waals surface area contributed by atoms with Gasteiger partial charge in [-0.05, 0) is 30.4 Å². The molecule has 3 rings (SSSR count). The molecule has 3 heterocycles. The molecule has 1 aliphatic heterocycles. The Morgan fingerprint density at radius 1 is 1.48 bits per heavy atom. The van der Waals surface area contributed by atoms with Gasteiger partial charge in [0.05, 0.1) is 17.6 Å². The number of aryl methyl sites for hydroxylation is 1. The van der Waals surface area contributed by atoms with E-state index in [4.69, 9.17) is 4.74 Å². The second-order valence-electron chi connectivity index (χ2n) is 4.96. The van der Waals surface area contributed by atoms with Crippen LogP contribution in [0.5, 0.6) is 0 Å². The summed E-state index contributed by atoms with van der Waals surface area (Å²) in [6, 6.07) is 5.70. The van der Waals surface area contributed by atoms with Gasteiger partial charge in [-0.25, -0.2) is 9.97 Å². The van der Waals surface area contributed by atoms with Crippen molar-refractivity contribution in [2.45, 2.75) is 18.9 Å².